The number of rotatable bonds is 3. The van der Waals surface area contributed by atoms with Crippen LogP contribution in [0.25, 0.3) is 0 Å². The van der Waals surface area contributed by atoms with Crippen molar-refractivity contribution < 1.29 is 0 Å². The highest BCUT2D eigenvalue weighted by molar-refractivity contribution is 5.25. The fraction of sp³-hybridized carbons (Fsp3) is 0.700. The number of aromatic amines is 1. The fourth-order valence-electron chi connectivity index (χ4n) is 2.09. The molecule has 0 radical (unpaired) electrons. The minimum atomic E-state index is 0.780. The van der Waals surface area contributed by atoms with Gasteiger partial charge in [-0.3, -0.25) is 5.10 Å². The molecule has 0 aromatic carbocycles. The van der Waals surface area contributed by atoms with Crippen molar-refractivity contribution in [2.45, 2.75) is 44.9 Å². The molecular weight excluding hydrogens is 148 g/mol. The number of nitrogens with zero attached hydrogens (tertiary/aromatic N) is 1. The minimum absolute atomic E-state index is 0.780. The van der Waals surface area contributed by atoms with Crippen molar-refractivity contribution in [3.8, 4) is 0 Å². The van der Waals surface area contributed by atoms with Crippen molar-refractivity contribution in [2.24, 2.45) is 0 Å². The number of hydrogen-bond donors (Lipinski definition) is 1. The highest BCUT2D eigenvalue weighted by Gasteiger charge is 2.23. The second-order valence-corrected chi connectivity index (χ2v) is 3.69. The van der Waals surface area contributed by atoms with Gasteiger partial charge in [0.15, 0.2) is 0 Å². The van der Waals surface area contributed by atoms with Gasteiger partial charge in [0.05, 0.1) is 6.20 Å². The van der Waals surface area contributed by atoms with Crippen LogP contribution in [0.15, 0.2) is 6.20 Å². The average molecular weight is 164 g/mol. The van der Waals surface area contributed by atoms with E-state index < -0.39 is 0 Å². The summed E-state index contributed by atoms with van der Waals surface area (Å²) in [4.78, 5) is 0. The first kappa shape index (κ1) is 7.84. The van der Waals surface area contributed by atoms with Crippen LogP contribution in [0.4, 0.5) is 0 Å². The zero-order valence-electron chi connectivity index (χ0n) is 7.64. The molecule has 12 heavy (non-hydrogen) atoms. The van der Waals surface area contributed by atoms with Crippen molar-refractivity contribution in [2.75, 3.05) is 0 Å². The van der Waals surface area contributed by atoms with Crippen LogP contribution in [0.5, 0.6) is 0 Å². The second-order valence-electron chi connectivity index (χ2n) is 3.69. The fourth-order valence-corrected chi connectivity index (χ4v) is 2.09. The monoisotopic (exact) mass is 164 g/mol. The molecule has 66 valence electrons. The maximum absolute atomic E-state index is 4.08. The Labute approximate surface area is 73.4 Å². The van der Waals surface area contributed by atoms with Gasteiger partial charge in [0.1, 0.15) is 0 Å². The van der Waals surface area contributed by atoms with E-state index in [-0.39, 0.29) is 0 Å². The van der Waals surface area contributed by atoms with Crippen molar-refractivity contribution >= 4 is 0 Å². The highest BCUT2D eigenvalue weighted by atomic mass is 15.1. The zero-order valence-corrected chi connectivity index (χ0v) is 7.64. The molecule has 2 rings (SSSR count). The number of unbranched alkanes of at least 4 members (excludes halogenated alkanes) is 1. The van der Waals surface area contributed by atoms with Crippen molar-refractivity contribution in [3.05, 3.63) is 17.5 Å². The molecule has 0 saturated heterocycles. The summed E-state index contributed by atoms with van der Waals surface area (Å²) in [6.45, 7) is 2.25. The molecule has 1 unspecified atom stereocenters. The van der Waals surface area contributed by atoms with Crippen LogP contribution >= 0.6 is 0 Å². The zero-order chi connectivity index (χ0) is 8.39. The van der Waals surface area contributed by atoms with Crippen LogP contribution in [0.1, 0.15) is 49.8 Å². The van der Waals surface area contributed by atoms with E-state index in [1.807, 2.05) is 6.20 Å². The molecule has 1 aliphatic carbocycles. The Bertz CT molecular complexity index is 252. The first-order chi connectivity index (χ1) is 5.92. The summed E-state index contributed by atoms with van der Waals surface area (Å²) in [6.07, 6.45) is 8.56. The number of fused-ring (bicyclic) bond motifs is 1. The third-order valence-corrected chi connectivity index (χ3v) is 2.83. The van der Waals surface area contributed by atoms with E-state index in [9.17, 15) is 0 Å². The van der Waals surface area contributed by atoms with Gasteiger partial charge in [-0.1, -0.05) is 19.8 Å². The van der Waals surface area contributed by atoms with Gasteiger partial charge in [0, 0.05) is 11.6 Å². The molecular formula is C10H16N2. The van der Waals surface area contributed by atoms with Crippen molar-refractivity contribution in [1.82, 2.24) is 10.2 Å². The van der Waals surface area contributed by atoms with Crippen molar-refractivity contribution in [1.29, 1.82) is 0 Å². The van der Waals surface area contributed by atoms with E-state index >= 15 is 0 Å². The van der Waals surface area contributed by atoms with Crippen LogP contribution in [0.2, 0.25) is 0 Å². The number of aromatic nitrogens is 2. The maximum Gasteiger partial charge on any atom is 0.0522 e. The Balaban J connectivity index is 2.02. The van der Waals surface area contributed by atoms with E-state index in [1.165, 1.54) is 43.4 Å². The predicted molar refractivity (Wildman–Crippen MR) is 49.2 cm³/mol. The van der Waals surface area contributed by atoms with Gasteiger partial charge >= 0.3 is 0 Å². The van der Waals surface area contributed by atoms with E-state index in [2.05, 4.69) is 17.1 Å². The number of H-pyrrole nitrogens is 1. The Morgan fingerprint density at radius 1 is 1.67 bits per heavy atom. The van der Waals surface area contributed by atoms with E-state index in [0.717, 1.165) is 5.92 Å². The molecule has 1 aliphatic rings. The molecule has 1 N–H and O–H groups in total. The third kappa shape index (κ3) is 1.26. The van der Waals surface area contributed by atoms with Gasteiger partial charge in [-0.05, 0) is 24.8 Å². The molecule has 2 nitrogen and oxygen atoms in total. The van der Waals surface area contributed by atoms with Gasteiger partial charge in [-0.2, -0.15) is 5.10 Å². The summed E-state index contributed by atoms with van der Waals surface area (Å²) in [5, 5.41) is 7.20. The van der Waals surface area contributed by atoms with Gasteiger partial charge in [-0.15, -0.1) is 0 Å². The Morgan fingerprint density at radius 3 is 3.42 bits per heavy atom. The Kier molecular flexibility index (Phi) is 2.15. The van der Waals surface area contributed by atoms with Crippen LogP contribution in [0.3, 0.4) is 0 Å². The first-order valence-electron chi connectivity index (χ1n) is 4.94. The summed E-state index contributed by atoms with van der Waals surface area (Å²) in [7, 11) is 0. The molecule has 0 fully saturated rings. The second kappa shape index (κ2) is 3.30. The smallest absolute Gasteiger partial charge is 0.0522 e. The largest absolute Gasteiger partial charge is 0.282 e. The van der Waals surface area contributed by atoms with Gasteiger partial charge < -0.3 is 0 Å². The Morgan fingerprint density at radius 2 is 2.58 bits per heavy atom. The number of aryl methyl sites for hydroxylation is 1. The lowest BCUT2D eigenvalue weighted by atomic mass is 10.0. The standard InChI is InChI=1S/C10H16N2/c1-2-3-4-8-5-6-9-7-11-12-10(8)9/h7-8H,2-6H2,1H3,(H,11,12). The van der Waals surface area contributed by atoms with Crippen molar-refractivity contribution in [3.63, 3.8) is 0 Å². The molecule has 0 spiro atoms. The molecule has 1 atom stereocenters. The van der Waals surface area contributed by atoms with Gasteiger partial charge in [0.2, 0.25) is 0 Å². The highest BCUT2D eigenvalue weighted by Crippen LogP contribution is 2.34. The van der Waals surface area contributed by atoms with E-state index in [4.69, 9.17) is 0 Å². The lowest BCUT2D eigenvalue weighted by Crippen LogP contribution is -1.94. The molecule has 0 bridgehead atoms. The summed E-state index contributed by atoms with van der Waals surface area (Å²) in [6, 6.07) is 0. The summed E-state index contributed by atoms with van der Waals surface area (Å²) >= 11 is 0. The van der Waals surface area contributed by atoms with Crippen LogP contribution in [0, 0.1) is 0 Å². The maximum atomic E-state index is 4.08. The molecule has 1 aromatic heterocycles. The molecule has 1 heterocycles. The third-order valence-electron chi connectivity index (χ3n) is 2.83. The lowest BCUT2D eigenvalue weighted by Gasteiger charge is -2.07. The summed E-state index contributed by atoms with van der Waals surface area (Å²) < 4.78 is 0. The average Bonchev–Trinajstić information content (AvgIpc) is 2.62. The summed E-state index contributed by atoms with van der Waals surface area (Å²) in [5.74, 6) is 0.780. The Hall–Kier alpha value is -0.790. The van der Waals surface area contributed by atoms with Gasteiger partial charge in [0.25, 0.3) is 0 Å². The van der Waals surface area contributed by atoms with E-state index in [0.29, 0.717) is 0 Å². The molecule has 0 aliphatic heterocycles. The van der Waals surface area contributed by atoms with Crippen LogP contribution in [-0.4, -0.2) is 10.2 Å². The first-order valence-corrected chi connectivity index (χ1v) is 4.94. The lowest BCUT2D eigenvalue weighted by molar-refractivity contribution is 0.566. The SMILES string of the molecule is CCCCC1CCc2cn[nH]c21. The predicted octanol–water partition coefficient (Wildman–Crippen LogP) is 2.63. The molecule has 1 aromatic rings. The van der Waals surface area contributed by atoms with Crippen LogP contribution < -0.4 is 0 Å². The topological polar surface area (TPSA) is 28.7 Å². The van der Waals surface area contributed by atoms with E-state index in [1.54, 1.807) is 0 Å². The normalized spacial score (nSPS) is 21.2. The summed E-state index contributed by atoms with van der Waals surface area (Å²) in [5.41, 5.74) is 2.87. The van der Waals surface area contributed by atoms with Gasteiger partial charge in [-0.25, -0.2) is 0 Å². The quantitative estimate of drug-likeness (QED) is 0.731. The molecule has 2 heteroatoms. The number of nitrogens with one attached hydrogen (secondary N) is 1. The number of hydrogen-bond acceptors (Lipinski definition) is 1. The van der Waals surface area contributed by atoms with Crippen LogP contribution in [-0.2, 0) is 6.42 Å². The minimum Gasteiger partial charge on any atom is -0.282 e. The molecule has 0 amide bonds. The molecule has 0 saturated carbocycles.